The Morgan fingerprint density at radius 2 is 1.87 bits per heavy atom. The van der Waals surface area contributed by atoms with E-state index in [0.29, 0.717) is 12.2 Å². The van der Waals surface area contributed by atoms with E-state index in [1.807, 2.05) is 40.7 Å². The van der Waals surface area contributed by atoms with Crippen LogP contribution in [0.3, 0.4) is 0 Å². The first kappa shape index (κ1) is 17.6. The van der Waals surface area contributed by atoms with Crippen molar-refractivity contribution >= 4 is 19.1 Å². The van der Waals surface area contributed by atoms with Crippen LogP contribution in [0.5, 0.6) is 0 Å². The lowest BCUT2D eigenvalue weighted by molar-refractivity contribution is -0.118. The van der Waals surface area contributed by atoms with Gasteiger partial charge in [-0.3, -0.25) is 14.8 Å². The molecule has 0 saturated carbocycles. The zero-order valence-corrected chi connectivity index (χ0v) is 14.6. The number of nitrogens with one attached hydrogen (secondary N) is 1. The molecule has 0 spiro atoms. The predicted octanol–water partition coefficient (Wildman–Crippen LogP) is 1.94. The lowest BCUT2D eigenvalue weighted by atomic mass is 9.77. The average Bonchev–Trinajstić information content (AvgIpc) is 2.63. The van der Waals surface area contributed by atoms with Crippen LogP contribution in [0, 0.1) is 6.92 Å². The molecule has 124 valence electrons. The fourth-order valence-corrected chi connectivity index (χ4v) is 2.17. The topological polar surface area (TPSA) is 73.3 Å². The van der Waals surface area contributed by atoms with Gasteiger partial charge in [0.05, 0.1) is 28.8 Å². The van der Waals surface area contributed by atoms with Crippen LogP contribution >= 0.6 is 0 Å². The Morgan fingerprint density at radius 3 is 2.39 bits per heavy atom. The lowest BCUT2D eigenvalue weighted by Gasteiger charge is -2.32. The molecule has 1 aliphatic rings. The van der Waals surface area contributed by atoms with Crippen molar-refractivity contribution in [2.75, 3.05) is 6.54 Å². The fraction of sp³-hybridized carbons (Fsp3) is 0.562. The van der Waals surface area contributed by atoms with E-state index in [-0.39, 0.29) is 5.91 Å². The van der Waals surface area contributed by atoms with E-state index in [9.17, 15) is 4.79 Å². The number of aromatic nitrogens is 2. The Balaban J connectivity index is 2.30. The number of carbonyl (C=O) groups is 1. The van der Waals surface area contributed by atoms with Crippen molar-refractivity contribution in [3.8, 4) is 0 Å². The molecular weight excluding hydrogens is 293 g/mol. The normalized spacial score (nSPS) is 19.7. The van der Waals surface area contributed by atoms with Gasteiger partial charge in [0.2, 0.25) is 5.91 Å². The molecule has 6 nitrogen and oxygen atoms in total. The number of hydrogen-bond acceptors (Lipinski definition) is 5. The number of hydrogen-bond donors (Lipinski definition) is 1. The third kappa shape index (κ3) is 4.17. The van der Waals surface area contributed by atoms with Crippen molar-refractivity contribution in [2.24, 2.45) is 0 Å². The van der Waals surface area contributed by atoms with Gasteiger partial charge >= 0.3 is 7.12 Å². The Hall–Kier alpha value is -1.73. The van der Waals surface area contributed by atoms with Crippen molar-refractivity contribution in [1.29, 1.82) is 0 Å². The first-order chi connectivity index (χ1) is 10.6. The van der Waals surface area contributed by atoms with Crippen LogP contribution in [0.1, 0.15) is 46.0 Å². The molecule has 1 fully saturated rings. The van der Waals surface area contributed by atoms with Gasteiger partial charge < -0.3 is 14.6 Å². The van der Waals surface area contributed by atoms with Crippen molar-refractivity contribution in [2.45, 2.75) is 52.7 Å². The predicted molar refractivity (Wildman–Crippen MR) is 89.5 cm³/mol. The monoisotopic (exact) mass is 317 g/mol. The molecule has 1 N–H and O–H groups in total. The fourth-order valence-electron chi connectivity index (χ4n) is 2.17. The number of aryl methyl sites for hydroxylation is 1. The third-order valence-corrected chi connectivity index (χ3v) is 4.20. The summed E-state index contributed by atoms with van der Waals surface area (Å²) in [4.78, 5) is 19.8. The summed E-state index contributed by atoms with van der Waals surface area (Å²) in [6, 6.07) is 0. The molecule has 1 amide bonds. The van der Waals surface area contributed by atoms with E-state index < -0.39 is 18.3 Å². The Labute approximate surface area is 137 Å². The van der Waals surface area contributed by atoms with Crippen LogP contribution in [0.25, 0.3) is 6.08 Å². The van der Waals surface area contributed by atoms with Crippen molar-refractivity contribution in [3.05, 3.63) is 29.3 Å². The maximum Gasteiger partial charge on any atom is 0.492 e. The molecule has 0 aromatic carbocycles. The van der Waals surface area contributed by atoms with E-state index in [2.05, 4.69) is 15.3 Å². The minimum Gasteiger partial charge on any atom is -0.400 e. The first-order valence-electron chi connectivity index (χ1n) is 7.70. The molecule has 2 rings (SSSR count). The zero-order chi connectivity index (χ0) is 17.3. The van der Waals surface area contributed by atoms with Gasteiger partial charge in [0.1, 0.15) is 0 Å². The van der Waals surface area contributed by atoms with Gasteiger partial charge in [-0.1, -0.05) is 0 Å². The van der Waals surface area contributed by atoms with E-state index in [1.165, 1.54) is 6.92 Å². The highest BCUT2D eigenvalue weighted by molar-refractivity contribution is 6.56. The maximum atomic E-state index is 11.3. The van der Waals surface area contributed by atoms with Gasteiger partial charge in [0.15, 0.2) is 0 Å². The van der Waals surface area contributed by atoms with Gasteiger partial charge in [-0.05, 0) is 46.2 Å². The van der Waals surface area contributed by atoms with Crippen LogP contribution in [-0.4, -0.2) is 40.7 Å². The van der Waals surface area contributed by atoms with Gasteiger partial charge in [-0.25, -0.2) is 0 Å². The van der Waals surface area contributed by atoms with Gasteiger partial charge in [-0.15, -0.1) is 0 Å². The Morgan fingerprint density at radius 1 is 1.26 bits per heavy atom. The second-order valence-electron chi connectivity index (χ2n) is 6.80. The van der Waals surface area contributed by atoms with Crippen LogP contribution in [-0.2, 0) is 14.1 Å². The molecule has 1 aromatic heterocycles. The minimum atomic E-state index is -0.533. The largest absolute Gasteiger partial charge is 0.492 e. The van der Waals surface area contributed by atoms with E-state index in [4.69, 9.17) is 9.31 Å². The summed E-state index contributed by atoms with van der Waals surface area (Å²) in [5.74, 6) is -0.109. The van der Waals surface area contributed by atoms with Crippen molar-refractivity contribution in [3.63, 3.8) is 0 Å². The number of nitrogens with zero attached hydrogens (tertiary/aromatic N) is 2. The molecule has 0 atom stereocenters. The summed E-state index contributed by atoms with van der Waals surface area (Å²) >= 11 is 0. The molecule has 23 heavy (non-hydrogen) atoms. The molecular formula is C16H24BN3O3. The molecule has 0 bridgehead atoms. The second-order valence-corrected chi connectivity index (χ2v) is 6.80. The number of carbonyl (C=O) groups excluding carboxylic acids is 1. The second kappa shape index (κ2) is 6.41. The summed E-state index contributed by atoms with van der Waals surface area (Å²) < 4.78 is 12.1. The molecule has 1 saturated heterocycles. The lowest BCUT2D eigenvalue weighted by Crippen LogP contribution is -2.41. The zero-order valence-electron chi connectivity index (χ0n) is 14.6. The van der Waals surface area contributed by atoms with E-state index in [0.717, 1.165) is 11.2 Å². The number of amides is 1. The Kier molecular flexibility index (Phi) is 4.91. The quantitative estimate of drug-likeness (QED) is 0.859. The van der Waals surface area contributed by atoms with Gasteiger partial charge in [0, 0.05) is 19.7 Å². The van der Waals surface area contributed by atoms with Crippen LogP contribution in [0.15, 0.2) is 17.9 Å². The Bertz CT molecular complexity index is 613. The highest BCUT2D eigenvalue weighted by Gasteiger charge is 2.52. The number of rotatable bonds is 4. The van der Waals surface area contributed by atoms with Crippen molar-refractivity contribution in [1.82, 2.24) is 15.3 Å². The van der Waals surface area contributed by atoms with Crippen LogP contribution in [0.2, 0.25) is 0 Å². The van der Waals surface area contributed by atoms with Crippen molar-refractivity contribution < 1.29 is 14.1 Å². The highest BCUT2D eigenvalue weighted by Crippen LogP contribution is 2.38. The summed E-state index contributed by atoms with van der Waals surface area (Å²) in [6.45, 7) is 11.7. The standard InChI is InChI=1S/C16H24BN3O3/c1-11-8-18-10-14(20-11)7-13(9-19-12(2)21)17-22-15(3,4)16(5,6)23-17/h7-8,10H,9H2,1-6H3,(H,19,21). The molecule has 0 radical (unpaired) electrons. The van der Waals surface area contributed by atoms with Gasteiger partial charge in [0.25, 0.3) is 0 Å². The minimum absolute atomic E-state index is 0.109. The summed E-state index contributed by atoms with van der Waals surface area (Å²) in [7, 11) is -0.533. The van der Waals surface area contributed by atoms with Crippen LogP contribution < -0.4 is 5.32 Å². The van der Waals surface area contributed by atoms with Gasteiger partial charge in [-0.2, -0.15) is 0 Å². The molecule has 0 aliphatic carbocycles. The van der Waals surface area contributed by atoms with E-state index >= 15 is 0 Å². The first-order valence-corrected chi connectivity index (χ1v) is 7.70. The average molecular weight is 317 g/mol. The third-order valence-electron chi connectivity index (χ3n) is 4.20. The molecule has 1 aromatic rings. The summed E-state index contributed by atoms with van der Waals surface area (Å²) in [6.07, 6.45) is 5.23. The molecule has 1 aliphatic heterocycles. The molecule has 2 heterocycles. The summed E-state index contributed by atoms with van der Waals surface area (Å²) in [5, 5.41) is 2.80. The molecule has 0 unspecified atom stereocenters. The van der Waals surface area contributed by atoms with Crippen LogP contribution in [0.4, 0.5) is 0 Å². The SMILES string of the molecule is CC(=O)NCC(=Cc1cncc(C)n1)B1OC(C)(C)C(C)(C)O1. The highest BCUT2D eigenvalue weighted by atomic mass is 16.7. The molecule has 7 heteroatoms. The smallest absolute Gasteiger partial charge is 0.400 e. The summed E-state index contributed by atoms with van der Waals surface area (Å²) in [5.41, 5.74) is 1.46. The van der Waals surface area contributed by atoms with E-state index in [1.54, 1.807) is 12.4 Å². The maximum absolute atomic E-state index is 11.3.